The van der Waals surface area contributed by atoms with E-state index < -0.39 is 51.9 Å². The summed E-state index contributed by atoms with van der Waals surface area (Å²) in [5.41, 5.74) is -1.31. The number of alkyl halides is 3. The average molecular weight is 693 g/mol. The molecule has 0 aromatic heterocycles. The highest BCUT2D eigenvalue weighted by Gasteiger charge is 2.37. The minimum absolute atomic E-state index is 0.0980. The molecule has 1 atom stereocenters. The molecule has 3 rings (SSSR count). The standard InChI is InChI=1S/C30H31Cl3F3N3O4S/c1-4-26(29(41)37-16-19(2)3)38(17-20-10-12-22(31)15-25(20)33)28(40)18-39(44(42,43)23-8-6-5-7-9-23)27-14-21(30(34,35)36)11-13-24(27)32/h5-15,19,26H,4,16-18H2,1-3H3,(H,37,41)/t26-/m1/s1. The van der Waals surface area contributed by atoms with E-state index in [1.165, 1.54) is 30.3 Å². The van der Waals surface area contributed by atoms with Crippen molar-refractivity contribution in [3.63, 3.8) is 0 Å². The van der Waals surface area contributed by atoms with E-state index in [0.717, 1.165) is 11.0 Å². The number of benzene rings is 3. The Balaban J connectivity index is 2.16. The topological polar surface area (TPSA) is 86.8 Å². The fraction of sp³-hybridized carbons (Fsp3) is 0.333. The zero-order valence-electron chi connectivity index (χ0n) is 24.0. The number of nitrogens with one attached hydrogen (secondary N) is 1. The summed E-state index contributed by atoms with van der Waals surface area (Å²) in [5, 5.41) is 2.98. The van der Waals surface area contributed by atoms with Gasteiger partial charge in [-0.3, -0.25) is 13.9 Å². The number of nitrogens with zero attached hydrogens (tertiary/aromatic N) is 2. The SMILES string of the molecule is CC[C@H](C(=O)NCC(C)C)N(Cc1ccc(Cl)cc1Cl)C(=O)CN(c1cc(C(F)(F)F)ccc1Cl)S(=O)(=O)c1ccccc1. The molecule has 3 aromatic rings. The molecule has 0 aliphatic heterocycles. The number of carbonyl (C=O) groups is 2. The Morgan fingerprint density at radius 3 is 2.16 bits per heavy atom. The van der Waals surface area contributed by atoms with Gasteiger partial charge in [0.1, 0.15) is 12.6 Å². The first-order chi connectivity index (χ1) is 20.6. The summed E-state index contributed by atoms with van der Waals surface area (Å²) >= 11 is 18.7. The summed E-state index contributed by atoms with van der Waals surface area (Å²) in [6.07, 6.45) is -4.69. The van der Waals surface area contributed by atoms with Crippen molar-refractivity contribution in [3.05, 3.63) is 92.9 Å². The monoisotopic (exact) mass is 691 g/mol. The lowest BCUT2D eigenvalue weighted by atomic mass is 10.1. The Kier molecular flexibility index (Phi) is 12.0. The summed E-state index contributed by atoms with van der Waals surface area (Å²) in [6, 6.07) is 12.6. The van der Waals surface area contributed by atoms with E-state index in [4.69, 9.17) is 34.8 Å². The number of rotatable bonds is 12. The van der Waals surface area contributed by atoms with E-state index in [2.05, 4.69) is 5.32 Å². The van der Waals surface area contributed by atoms with Crippen LogP contribution in [0.4, 0.5) is 18.9 Å². The van der Waals surface area contributed by atoms with Gasteiger partial charge in [0, 0.05) is 23.1 Å². The molecule has 0 spiro atoms. The summed E-state index contributed by atoms with van der Waals surface area (Å²) in [6.45, 7) is 4.57. The zero-order valence-corrected chi connectivity index (χ0v) is 27.1. The minimum Gasteiger partial charge on any atom is -0.354 e. The largest absolute Gasteiger partial charge is 0.416 e. The fourth-order valence-corrected chi connectivity index (χ4v) is 6.47. The maximum absolute atomic E-state index is 14.1. The predicted octanol–water partition coefficient (Wildman–Crippen LogP) is 7.44. The summed E-state index contributed by atoms with van der Waals surface area (Å²) in [5.74, 6) is -1.27. The van der Waals surface area contributed by atoms with Crippen LogP contribution >= 0.6 is 34.8 Å². The van der Waals surface area contributed by atoms with Gasteiger partial charge in [-0.2, -0.15) is 13.2 Å². The molecule has 1 N–H and O–H groups in total. The van der Waals surface area contributed by atoms with Gasteiger partial charge in [-0.05, 0) is 60.4 Å². The predicted molar refractivity (Wildman–Crippen MR) is 166 cm³/mol. The Labute approximate surface area is 269 Å². The second-order valence-corrected chi connectivity index (χ2v) is 13.4. The number of amides is 2. The average Bonchev–Trinajstić information content (AvgIpc) is 2.95. The summed E-state index contributed by atoms with van der Waals surface area (Å²) in [7, 11) is -4.64. The second kappa shape index (κ2) is 14.9. The van der Waals surface area contributed by atoms with Gasteiger partial charge in [-0.25, -0.2) is 8.42 Å². The third-order valence-corrected chi connectivity index (χ3v) is 9.26. The maximum Gasteiger partial charge on any atom is 0.416 e. The molecule has 0 bridgehead atoms. The smallest absolute Gasteiger partial charge is 0.354 e. The van der Waals surface area contributed by atoms with Crippen molar-refractivity contribution in [1.29, 1.82) is 0 Å². The number of hydrogen-bond acceptors (Lipinski definition) is 4. The number of hydrogen-bond donors (Lipinski definition) is 1. The lowest BCUT2D eigenvalue weighted by Gasteiger charge is -2.34. The molecule has 3 aromatic carbocycles. The molecule has 238 valence electrons. The molecular weight excluding hydrogens is 662 g/mol. The van der Waals surface area contributed by atoms with Crippen LogP contribution in [0.5, 0.6) is 0 Å². The van der Waals surface area contributed by atoms with Gasteiger partial charge in [0.15, 0.2) is 0 Å². The van der Waals surface area contributed by atoms with Gasteiger partial charge < -0.3 is 10.2 Å². The normalized spacial score (nSPS) is 12.6. The lowest BCUT2D eigenvalue weighted by molar-refractivity contribution is -0.140. The van der Waals surface area contributed by atoms with Crippen LogP contribution in [0.15, 0.2) is 71.6 Å². The highest BCUT2D eigenvalue weighted by molar-refractivity contribution is 7.92. The second-order valence-electron chi connectivity index (χ2n) is 10.3. The van der Waals surface area contributed by atoms with Crippen molar-refractivity contribution in [2.24, 2.45) is 5.92 Å². The van der Waals surface area contributed by atoms with Crippen LogP contribution in [0.25, 0.3) is 0 Å². The van der Waals surface area contributed by atoms with Crippen molar-refractivity contribution < 1.29 is 31.2 Å². The third kappa shape index (κ3) is 8.80. The van der Waals surface area contributed by atoms with Crippen LogP contribution in [0.2, 0.25) is 15.1 Å². The molecule has 0 saturated heterocycles. The van der Waals surface area contributed by atoms with Crippen LogP contribution in [0.1, 0.15) is 38.3 Å². The van der Waals surface area contributed by atoms with Crippen molar-refractivity contribution in [3.8, 4) is 0 Å². The van der Waals surface area contributed by atoms with Gasteiger partial charge in [0.25, 0.3) is 10.0 Å². The molecular formula is C30H31Cl3F3N3O4S. The number of halogens is 6. The highest BCUT2D eigenvalue weighted by atomic mass is 35.5. The number of anilines is 1. The van der Waals surface area contributed by atoms with Crippen molar-refractivity contribution >= 4 is 62.3 Å². The maximum atomic E-state index is 14.1. The molecule has 44 heavy (non-hydrogen) atoms. The Morgan fingerprint density at radius 2 is 1.59 bits per heavy atom. The first-order valence-electron chi connectivity index (χ1n) is 13.5. The molecule has 7 nitrogen and oxygen atoms in total. The van der Waals surface area contributed by atoms with Gasteiger partial charge in [-0.1, -0.05) is 79.8 Å². The molecule has 0 aliphatic rings. The van der Waals surface area contributed by atoms with Gasteiger partial charge in [0.2, 0.25) is 11.8 Å². The first-order valence-corrected chi connectivity index (χ1v) is 16.1. The minimum atomic E-state index is -4.83. The lowest BCUT2D eigenvalue weighted by Crippen LogP contribution is -2.52. The number of sulfonamides is 1. The molecule has 0 fully saturated rings. The number of carbonyl (C=O) groups excluding carboxylic acids is 2. The Morgan fingerprint density at radius 1 is 0.932 bits per heavy atom. The molecule has 0 unspecified atom stereocenters. The van der Waals surface area contributed by atoms with Crippen molar-refractivity contribution in [2.75, 3.05) is 17.4 Å². The Bertz CT molecular complexity index is 1590. The van der Waals surface area contributed by atoms with Crippen LogP contribution in [0, 0.1) is 5.92 Å². The van der Waals surface area contributed by atoms with Crippen LogP contribution < -0.4 is 9.62 Å². The Hall–Kier alpha value is -2.99. The van der Waals surface area contributed by atoms with Crippen molar-refractivity contribution in [1.82, 2.24) is 10.2 Å². The highest BCUT2D eigenvalue weighted by Crippen LogP contribution is 2.37. The van der Waals surface area contributed by atoms with E-state index in [0.29, 0.717) is 33.6 Å². The van der Waals surface area contributed by atoms with Gasteiger partial charge in [-0.15, -0.1) is 0 Å². The van der Waals surface area contributed by atoms with E-state index in [9.17, 15) is 31.2 Å². The molecule has 0 aliphatic carbocycles. The van der Waals surface area contributed by atoms with Crippen LogP contribution in [0.3, 0.4) is 0 Å². The summed E-state index contributed by atoms with van der Waals surface area (Å²) in [4.78, 5) is 28.3. The van der Waals surface area contributed by atoms with E-state index >= 15 is 0 Å². The van der Waals surface area contributed by atoms with Crippen molar-refractivity contribution in [2.45, 2.75) is 50.9 Å². The van der Waals surface area contributed by atoms with Gasteiger partial charge in [0.05, 0.1) is 21.2 Å². The van der Waals surface area contributed by atoms with Crippen LogP contribution in [-0.2, 0) is 32.3 Å². The molecule has 0 heterocycles. The molecule has 0 saturated carbocycles. The summed E-state index contributed by atoms with van der Waals surface area (Å²) < 4.78 is 69.4. The van der Waals surface area contributed by atoms with E-state index in [1.807, 2.05) is 13.8 Å². The zero-order chi connectivity index (χ0) is 32.8. The van der Waals surface area contributed by atoms with Crippen LogP contribution in [-0.4, -0.2) is 44.3 Å². The molecule has 2 amide bonds. The van der Waals surface area contributed by atoms with Gasteiger partial charge >= 0.3 is 6.18 Å². The molecule has 0 radical (unpaired) electrons. The fourth-order valence-electron chi connectivity index (χ4n) is 4.29. The third-order valence-electron chi connectivity index (χ3n) is 6.58. The van der Waals surface area contributed by atoms with E-state index in [1.54, 1.807) is 25.1 Å². The quantitative estimate of drug-likeness (QED) is 0.214. The van der Waals surface area contributed by atoms with E-state index in [-0.39, 0.29) is 33.8 Å². The first kappa shape index (κ1) is 35.5. The molecule has 14 heteroatoms.